The Kier molecular flexibility index (Phi) is 5.44. The summed E-state index contributed by atoms with van der Waals surface area (Å²) in [7, 11) is 0. The molecule has 2 amide bonds. The summed E-state index contributed by atoms with van der Waals surface area (Å²) >= 11 is 0. The fourth-order valence-corrected chi connectivity index (χ4v) is 4.02. The van der Waals surface area contributed by atoms with E-state index in [2.05, 4.69) is 22.8 Å². The fourth-order valence-electron chi connectivity index (χ4n) is 4.02. The normalized spacial score (nSPS) is 17.8. The topological polar surface area (TPSA) is 61.4 Å². The van der Waals surface area contributed by atoms with Gasteiger partial charge in [-0.15, -0.1) is 0 Å². The van der Waals surface area contributed by atoms with E-state index in [4.69, 9.17) is 0 Å². The van der Waals surface area contributed by atoms with E-state index in [1.54, 1.807) is 0 Å². The molecule has 0 atom stereocenters. The minimum absolute atomic E-state index is 0.0901. The summed E-state index contributed by atoms with van der Waals surface area (Å²) in [5.74, 6) is 0.197. The standard InChI is InChI=1S/C23H27N3O2/c27-21(26-12-4-5-13-26)20-10-8-19(9-11-20)15-25-22(28)23(16-24-17-23)14-18-6-2-1-3-7-18/h1-3,6-11,24H,4-5,12-17H2,(H,25,28). The maximum absolute atomic E-state index is 12.9. The highest BCUT2D eigenvalue weighted by Crippen LogP contribution is 2.28. The molecule has 0 unspecified atom stereocenters. The van der Waals surface area contributed by atoms with Crippen LogP contribution in [0.25, 0.3) is 0 Å². The first kappa shape index (κ1) is 18.7. The van der Waals surface area contributed by atoms with E-state index < -0.39 is 0 Å². The molecular formula is C23H27N3O2. The van der Waals surface area contributed by atoms with Gasteiger partial charge in [-0.05, 0) is 42.5 Å². The maximum atomic E-state index is 12.9. The molecule has 2 N–H and O–H groups in total. The molecule has 2 heterocycles. The first-order valence-electron chi connectivity index (χ1n) is 10.1. The lowest BCUT2D eigenvalue weighted by Crippen LogP contribution is -2.62. The monoisotopic (exact) mass is 377 g/mol. The molecule has 4 rings (SSSR count). The van der Waals surface area contributed by atoms with Gasteiger partial charge in [0, 0.05) is 38.3 Å². The Morgan fingerprint density at radius 1 is 0.929 bits per heavy atom. The predicted octanol–water partition coefficient (Wildman–Crippen LogP) is 2.37. The smallest absolute Gasteiger partial charge is 0.253 e. The van der Waals surface area contributed by atoms with Crippen molar-refractivity contribution < 1.29 is 9.59 Å². The van der Waals surface area contributed by atoms with E-state index in [1.807, 2.05) is 47.4 Å². The lowest BCUT2D eigenvalue weighted by Gasteiger charge is -2.41. The quantitative estimate of drug-likeness (QED) is 0.813. The van der Waals surface area contributed by atoms with Crippen molar-refractivity contribution in [1.29, 1.82) is 0 Å². The average Bonchev–Trinajstić information content (AvgIpc) is 3.24. The largest absolute Gasteiger partial charge is 0.351 e. The summed E-state index contributed by atoms with van der Waals surface area (Å²) in [5, 5.41) is 6.34. The van der Waals surface area contributed by atoms with Crippen LogP contribution in [0.2, 0.25) is 0 Å². The second kappa shape index (κ2) is 8.15. The van der Waals surface area contributed by atoms with Crippen LogP contribution >= 0.6 is 0 Å². The van der Waals surface area contributed by atoms with E-state index in [0.717, 1.165) is 43.5 Å². The molecule has 0 aromatic heterocycles. The number of likely N-dealkylation sites (tertiary alicyclic amines) is 1. The van der Waals surface area contributed by atoms with Gasteiger partial charge in [-0.25, -0.2) is 0 Å². The van der Waals surface area contributed by atoms with Gasteiger partial charge in [0.2, 0.25) is 5.91 Å². The van der Waals surface area contributed by atoms with E-state index >= 15 is 0 Å². The van der Waals surface area contributed by atoms with Crippen molar-refractivity contribution >= 4 is 11.8 Å². The minimum atomic E-state index is -0.368. The Morgan fingerprint density at radius 2 is 1.61 bits per heavy atom. The zero-order valence-corrected chi connectivity index (χ0v) is 16.1. The molecule has 0 radical (unpaired) electrons. The zero-order chi connectivity index (χ0) is 19.4. The molecule has 2 fully saturated rings. The van der Waals surface area contributed by atoms with Crippen LogP contribution in [0.5, 0.6) is 0 Å². The second-order valence-electron chi connectivity index (χ2n) is 7.93. The summed E-state index contributed by atoms with van der Waals surface area (Å²) < 4.78 is 0. The summed E-state index contributed by atoms with van der Waals surface area (Å²) in [5.41, 5.74) is 2.55. The van der Waals surface area contributed by atoms with Crippen molar-refractivity contribution in [1.82, 2.24) is 15.5 Å². The molecule has 0 spiro atoms. The third kappa shape index (κ3) is 3.94. The Morgan fingerprint density at radius 3 is 2.21 bits per heavy atom. The molecule has 2 aliphatic rings. The number of amides is 2. The van der Waals surface area contributed by atoms with Gasteiger partial charge in [0.1, 0.15) is 0 Å². The summed E-state index contributed by atoms with van der Waals surface area (Å²) in [4.78, 5) is 27.2. The molecule has 146 valence electrons. The average molecular weight is 377 g/mol. The van der Waals surface area contributed by atoms with Crippen molar-refractivity contribution in [2.24, 2.45) is 5.41 Å². The van der Waals surface area contributed by atoms with Crippen LogP contribution in [-0.2, 0) is 17.8 Å². The number of carbonyl (C=O) groups excluding carboxylic acids is 2. The van der Waals surface area contributed by atoms with Gasteiger partial charge in [0.05, 0.1) is 5.41 Å². The third-order valence-corrected chi connectivity index (χ3v) is 5.84. The Balaban J connectivity index is 1.34. The molecule has 0 bridgehead atoms. The van der Waals surface area contributed by atoms with Gasteiger partial charge < -0.3 is 15.5 Å². The van der Waals surface area contributed by atoms with Crippen LogP contribution in [0.1, 0.15) is 34.3 Å². The number of nitrogens with one attached hydrogen (secondary N) is 2. The summed E-state index contributed by atoms with van der Waals surface area (Å²) in [6, 6.07) is 17.8. The number of carbonyl (C=O) groups is 2. The molecule has 0 aliphatic carbocycles. The SMILES string of the molecule is O=C(c1ccc(CNC(=O)C2(Cc3ccccc3)CNC2)cc1)N1CCCC1. The van der Waals surface area contributed by atoms with Crippen LogP contribution in [0.4, 0.5) is 0 Å². The van der Waals surface area contributed by atoms with Crippen LogP contribution in [0.15, 0.2) is 54.6 Å². The number of rotatable bonds is 6. The highest BCUT2D eigenvalue weighted by Gasteiger charge is 2.43. The summed E-state index contributed by atoms with van der Waals surface area (Å²) in [6.07, 6.45) is 2.93. The Bertz CT molecular complexity index is 823. The van der Waals surface area contributed by atoms with E-state index in [0.29, 0.717) is 19.6 Å². The van der Waals surface area contributed by atoms with Crippen LogP contribution in [-0.4, -0.2) is 42.9 Å². The molecule has 2 aromatic carbocycles. The van der Waals surface area contributed by atoms with Crippen molar-refractivity contribution in [3.63, 3.8) is 0 Å². The van der Waals surface area contributed by atoms with Gasteiger partial charge in [-0.3, -0.25) is 9.59 Å². The minimum Gasteiger partial charge on any atom is -0.351 e. The van der Waals surface area contributed by atoms with Gasteiger partial charge in [0.25, 0.3) is 5.91 Å². The van der Waals surface area contributed by atoms with E-state index in [-0.39, 0.29) is 17.2 Å². The van der Waals surface area contributed by atoms with E-state index in [1.165, 1.54) is 5.56 Å². The Labute approximate surface area is 166 Å². The third-order valence-electron chi connectivity index (χ3n) is 5.84. The van der Waals surface area contributed by atoms with Gasteiger partial charge >= 0.3 is 0 Å². The number of benzene rings is 2. The predicted molar refractivity (Wildman–Crippen MR) is 109 cm³/mol. The van der Waals surface area contributed by atoms with Gasteiger partial charge in [0.15, 0.2) is 0 Å². The van der Waals surface area contributed by atoms with Crippen molar-refractivity contribution in [3.8, 4) is 0 Å². The zero-order valence-electron chi connectivity index (χ0n) is 16.1. The number of hydrogen-bond donors (Lipinski definition) is 2. The van der Waals surface area contributed by atoms with E-state index in [9.17, 15) is 9.59 Å². The van der Waals surface area contributed by atoms with Crippen LogP contribution in [0.3, 0.4) is 0 Å². The lowest BCUT2D eigenvalue weighted by atomic mass is 9.75. The number of nitrogens with zero attached hydrogens (tertiary/aromatic N) is 1. The summed E-state index contributed by atoms with van der Waals surface area (Å²) in [6.45, 7) is 3.60. The highest BCUT2D eigenvalue weighted by atomic mass is 16.2. The molecule has 2 saturated heterocycles. The van der Waals surface area contributed by atoms with Crippen molar-refractivity contribution in [2.75, 3.05) is 26.2 Å². The Hall–Kier alpha value is -2.66. The van der Waals surface area contributed by atoms with Gasteiger partial charge in [-0.1, -0.05) is 42.5 Å². The molecule has 0 saturated carbocycles. The lowest BCUT2D eigenvalue weighted by molar-refractivity contribution is -0.134. The maximum Gasteiger partial charge on any atom is 0.253 e. The second-order valence-corrected chi connectivity index (χ2v) is 7.93. The molecule has 28 heavy (non-hydrogen) atoms. The molecule has 2 aromatic rings. The fraction of sp³-hybridized carbons (Fsp3) is 0.391. The van der Waals surface area contributed by atoms with Crippen molar-refractivity contribution in [3.05, 3.63) is 71.3 Å². The molecule has 5 heteroatoms. The first-order chi connectivity index (χ1) is 13.7. The van der Waals surface area contributed by atoms with Crippen LogP contribution < -0.4 is 10.6 Å². The first-order valence-corrected chi connectivity index (χ1v) is 10.1. The number of hydrogen-bond acceptors (Lipinski definition) is 3. The highest BCUT2D eigenvalue weighted by molar-refractivity contribution is 5.94. The van der Waals surface area contributed by atoms with Gasteiger partial charge in [-0.2, -0.15) is 0 Å². The molecule has 2 aliphatic heterocycles. The van der Waals surface area contributed by atoms with Crippen molar-refractivity contribution in [2.45, 2.75) is 25.8 Å². The molecule has 5 nitrogen and oxygen atoms in total. The molecular weight excluding hydrogens is 350 g/mol. The van der Waals surface area contributed by atoms with Crippen LogP contribution in [0, 0.1) is 5.41 Å².